The lowest BCUT2D eigenvalue weighted by Gasteiger charge is -2.30. The van der Waals surface area contributed by atoms with Gasteiger partial charge in [0.05, 0.1) is 24.2 Å². The normalized spacial score (nSPS) is 21.0. The lowest BCUT2D eigenvalue weighted by atomic mass is 10.2. The summed E-state index contributed by atoms with van der Waals surface area (Å²) in [6, 6.07) is 6.67. The molecule has 1 fully saturated rings. The number of benzene rings is 1. The SMILES string of the molecule is Cc1ccc(S(=O)(=O)OCCN2CCOC(C)C2)cc1. The van der Waals surface area contributed by atoms with E-state index in [2.05, 4.69) is 4.90 Å². The van der Waals surface area contributed by atoms with Crippen LogP contribution in [0.5, 0.6) is 0 Å². The van der Waals surface area contributed by atoms with E-state index in [1.165, 1.54) is 0 Å². The predicted octanol–water partition coefficient (Wildman–Crippen LogP) is 1.42. The molecule has 1 saturated heterocycles. The highest BCUT2D eigenvalue weighted by molar-refractivity contribution is 7.86. The molecule has 0 spiro atoms. The van der Waals surface area contributed by atoms with Gasteiger partial charge >= 0.3 is 0 Å². The van der Waals surface area contributed by atoms with E-state index < -0.39 is 10.1 Å². The Bertz CT molecular complexity index is 527. The minimum atomic E-state index is -3.65. The maximum atomic E-state index is 12.0. The first-order valence-corrected chi connectivity index (χ1v) is 8.18. The first-order valence-electron chi connectivity index (χ1n) is 6.77. The number of hydrogen-bond acceptors (Lipinski definition) is 5. The second kappa shape index (κ2) is 6.67. The number of ether oxygens (including phenoxy) is 1. The third-order valence-corrected chi connectivity index (χ3v) is 4.61. The van der Waals surface area contributed by atoms with Crippen molar-refractivity contribution in [3.63, 3.8) is 0 Å². The van der Waals surface area contributed by atoms with E-state index in [0.717, 1.165) is 18.7 Å². The summed E-state index contributed by atoms with van der Waals surface area (Å²) in [4.78, 5) is 2.36. The smallest absolute Gasteiger partial charge is 0.297 e. The van der Waals surface area contributed by atoms with Gasteiger partial charge in [0.1, 0.15) is 0 Å². The standard InChI is InChI=1S/C14H21NO4S/c1-12-3-5-14(6-4-12)20(16,17)19-10-8-15-7-9-18-13(2)11-15/h3-6,13H,7-11H2,1-2H3. The summed E-state index contributed by atoms with van der Waals surface area (Å²) in [5.41, 5.74) is 1.02. The summed E-state index contributed by atoms with van der Waals surface area (Å²) in [5, 5.41) is 0. The van der Waals surface area contributed by atoms with Gasteiger partial charge in [0.25, 0.3) is 10.1 Å². The first kappa shape index (κ1) is 15.4. The minimum Gasteiger partial charge on any atom is -0.376 e. The van der Waals surface area contributed by atoms with Gasteiger partial charge in [0.15, 0.2) is 0 Å². The second-order valence-electron chi connectivity index (χ2n) is 5.07. The van der Waals surface area contributed by atoms with E-state index in [1.807, 2.05) is 13.8 Å². The lowest BCUT2D eigenvalue weighted by molar-refractivity contribution is -0.0211. The van der Waals surface area contributed by atoms with E-state index in [0.29, 0.717) is 13.2 Å². The Labute approximate surface area is 120 Å². The molecule has 1 heterocycles. The molecular weight excluding hydrogens is 278 g/mol. The number of hydrogen-bond donors (Lipinski definition) is 0. The van der Waals surface area contributed by atoms with Crippen molar-refractivity contribution in [2.24, 2.45) is 0 Å². The Kier molecular flexibility index (Phi) is 5.15. The fourth-order valence-corrected chi connectivity index (χ4v) is 3.04. The molecule has 0 amide bonds. The quantitative estimate of drug-likeness (QED) is 0.770. The third-order valence-electron chi connectivity index (χ3n) is 3.28. The van der Waals surface area contributed by atoms with Crippen molar-refractivity contribution in [1.82, 2.24) is 4.90 Å². The minimum absolute atomic E-state index is 0.170. The van der Waals surface area contributed by atoms with Crippen LogP contribution in [0.4, 0.5) is 0 Å². The maximum absolute atomic E-state index is 12.0. The van der Waals surface area contributed by atoms with Crippen molar-refractivity contribution in [2.45, 2.75) is 24.8 Å². The van der Waals surface area contributed by atoms with Gasteiger partial charge < -0.3 is 4.74 Å². The van der Waals surface area contributed by atoms with Crippen molar-refractivity contribution >= 4 is 10.1 Å². The Morgan fingerprint density at radius 2 is 2.05 bits per heavy atom. The molecular formula is C14H21NO4S. The molecule has 0 aliphatic carbocycles. The molecule has 0 bridgehead atoms. The number of morpholine rings is 1. The van der Waals surface area contributed by atoms with E-state index >= 15 is 0 Å². The van der Waals surface area contributed by atoms with Crippen LogP contribution in [0.1, 0.15) is 12.5 Å². The zero-order valence-electron chi connectivity index (χ0n) is 11.9. The molecule has 1 atom stereocenters. The summed E-state index contributed by atoms with van der Waals surface area (Å²) < 4.78 is 34.5. The van der Waals surface area contributed by atoms with Crippen LogP contribution in [0.15, 0.2) is 29.2 Å². The van der Waals surface area contributed by atoms with Crippen molar-refractivity contribution in [3.8, 4) is 0 Å². The molecule has 0 radical (unpaired) electrons. The summed E-state index contributed by atoms with van der Waals surface area (Å²) in [5.74, 6) is 0. The van der Waals surface area contributed by atoms with Crippen LogP contribution in [0.25, 0.3) is 0 Å². The van der Waals surface area contributed by atoms with Gasteiger partial charge in [0.2, 0.25) is 0 Å². The van der Waals surface area contributed by atoms with Gasteiger partial charge in [-0.1, -0.05) is 17.7 Å². The maximum Gasteiger partial charge on any atom is 0.297 e. The van der Waals surface area contributed by atoms with E-state index in [-0.39, 0.29) is 17.6 Å². The Balaban J connectivity index is 1.85. The van der Waals surface area contributed by atoms with Gasteiger partial charge in [-0.2, -0.15) is 8.42 Å². The molecule has 0 N–H and O–H groups in total. The highest BCUT2D eigenvalue weighted by Gasteiger charge is 2.18. The summed E-state index contributed by atoms with van der Waals surface area (Å²) in [6.07, 6.45) is 0.192. The van der Waals surface area contributed by atoms with Gasteiger partial charge in [-0.05, 0) is 26.0 Å². The van der Waals surface area contributed by atoms with Crippen LogP contribution >= 0.6 is 0 Å². The number of nitrogens with zero attached hydrogens (tertiary/aromatic N) is 1. The van der Waals surface area contributed by atoms with Crippen molar-refractivity contribution in [2.75, 3.05) is 32.8 Å². The van der Waals surface area contributed by atoms with Crippen LogP contribution in [-0.2, 0) is 19.0 Å². The lowest BCUT2D eigenvalue weighted by Crippen LogP contribution is -2.42. The highest BCUT2D eigenvalue weighted by Crippen LogP contribution is 2.13. The topological polar surface area (TPSA) is 55.8 Å². The first-order chi connectivity index (χ1) is 9.47. The molecule has 20 heavy (non-hydrogen) atoms. The molecule has 2 rings (SSSR count). The van der Waals surface area contributed by atoms with Crippen LogP contribution in [-0.4, -0.2) is 52.3 Å². The molecule has 1 aromatic rings. The molecule has 0 aromatic heterocycles. The van der Waals surface area contributed by atoms with Crippen LogP contribution in [0, 0.1) is 6.92 Å². The van der Waals surface area contributed by atoms with Crippen LogP contribution < -0.4 is 0 Å². The molecule has 0 saturated carbocycles. The average Bonchev–Trinajstić information content (AvgIpc) is 2.39. The average molecular weight is 299 g/mol. The van der Waals surface area contributed by atoms with Gasteiger partial charge in [0, 0.05) is 19.6 Å². The molecule has 6 heteroatoms. The summed E-state index contributed by atoms with van der Waals surface area (Å²) in [7, 11) is -3.65. The summed E-state index contributed by atoms with van der Waals surface area (Å²) >= 11 is 0. The predicted molar refractivity (Wildman–Crippen MR) is 76.2 cm³/mol. The van der Waals surface area contributed by atoms with Crippen molar-refractivity contribution < 1.29 is 17.3 Å². The van der Waals surface area contributed by atoms with Crippen molar-refractivity contribution in [1.29, 1.82) is 0 Å². The Hall–Kier alpha value is -0.950. The fourth-order valence-electron chi connectivity index (χ4n) is 2.14. The Morgan fingerprint density at radius 3 is 2.70 bits per heavy atom. The zero-order chi connectivity index (χ0) is 14.6. The number of aryl methyl sites for hydroxylation is 1. The second-order valence-corrected chi connectivity index (χ2v) is 6.69. The largest absolute Gasteiger partial charge is 0.376 e. The zero-order valence-corrected chi connectivity index (χ0v) is 12.7. The summed E-state index contributed by atoms with van der Waals surface area (Å²) in [6.45, 7) is 7.01. The van der Waals surface area contributed by atoms with Gasteiger partial charge in [-0.15, -0.1) is 0 Å². The van der Waals surface area contributed by atoms with Crippen molar-refractivity contribution in [3.05, 3.63) is 29.8 Å². The Morgan fingerprint density at radius 1 is 1.35 bits per heavy atom. The van der Waals surface area contributed by atoms with Gasteiger partial charge in [-0.3, -0.25) is 9.08 Å². The highest BCUT2D eigenvalue weighted by atomic mass is 32.2. The van der Waals surface area contributed by atoms with Crippen LogP contribution in [0.3, 0.4) is 0 Å². The molecule has 112 valence electrons. The monoisotopic (exact) mass is 299 g/mol. The molecule has 1 aromatic carbocycles. The van der Waals surface area contributed by atoms with E-state index in [1.54, 1.807) is 24.3 Å². The van der Waals surface area contributed by atoms with Gasteiger partial charge in [-0.25, -0.2) is 0 Å². The molecule has 1 aliphatic rings. The molecule has 5 nitrogen and oxygen atoms in total. The number of rotatable bonds is 5. The van der Waals surface area contributed by atoms with E-state index in [4.69, 9.17) is 8.92 Å². The van der Waals surface area contributed by atoms with Crippen LogP contribution in [0.2, 0.25) is 0 Å². The molecule has 1 aliphatic heterocycles. The molecule has 1 unspecified atom stereocenters. The van der Waals surface area contributed by atoms with E-state index in [9.17, 15) is 8.42 Å². The fraction of sp³-hybridized carbons (Fsp3) is 0.571. The third kappa shape index (κ3) is 4.28.